The van der Waals surface area contributed by atoms with E-state index in [0.29, 0.717) is 13.0 Å². The first kappa shape index (κ1) is 13.7. The Morgan fingerprint density at radius 3 is 2.53 bits per heavy atom. The van der Waals surface area contributed by atoms with Gasteiger partial charge in [-0.25, -0.2) is 0 Å². The number of carbonyl (C=O) groups is 1. The molecule has 0 saturated heterocycles. The Bertz CT molecular complexity index is 341. The Balaban J connectivity index is 2.17. The lowest BCUT2D eigenvalue weighted by Crippen LogP contribution is -2.45. The Kier molecular flexibility index (Phi) is 5.16. The average molecular weight is 234 g/mol. The summed E-state index contributed by atoms with van der Waals surface area (Å²) in [6, 6.07) is 10.2. The fourth-order valence-electron chi connectivity index (χ4n) is 1.51. The minimum atomic E-state index is -0.338. The van der Waals surface area contributed by atoms with E-state index in [9.17, 15) is 4.79 Å². The lowest BCUT2D eigenvalue weighted by Gasteiger charge is -2.18. The molecule has 17 heavy (non-hydrogen) atoms. The molecule has 3 nitrogen and oxygen atoms in total. The Morgan fingerprint density at radius 1 is 1.29 bits per heavy atom. The maximum absolute atomic E-state index is 11.5. The fourth-order valence-corrected chi connectivity index (χ4v) is 1.51. The van der Waals surface area contributed by atoms with Crippen molar-refractivity contribution in [3.8, 4) is 0 Å². The van der Waals surface area contributed by atoms with Crippen molar-refractivity contribution in [2.24, 2.45) is 5.73 Å². The van der Waals surface area contributed by atoms with Crippen LogP contribution >= 0.6 is 0 Å². The highest BCUT2D eigenvalue weighted by molar-refractivity contribution is 5.75. The molecule has 1 aromatic rings. The molecule has 0 unspecified atom stereocenters. The molecule has 0 spiro atoms. The number of hydrogen-bond acceptors (Lipinski definition) is 2. The van der Waals surface area contributed by atoms with E-state index in [0.717, 1.165) is 12.8 Å². The van der Waals surface area contributed by atoms with Gasteiger partial charge in [0, 0.05) is 18.5 Å². The number of hydrogen-bond donors (Lipinski definition) is 2. The van der Waals surface area contributed by atoms with Gasteiger partial charge in [0.25, 0.3) is 0 Å². The van der Waals surface area contributed by atoms with Crippen LogP contribution in [0, 0.1) is 0 Å². The Hall–Kier alpha value is -1.35. The summed E-state index contributed by atoms with van der Waals surface area (Å²) in [5, 5.41) is 2.84. The molecule has 3 heteroatoms. The molecule has 0 fully saturated rings. The van der Waals surface area contributed by atoms with Gasteiger partial charge in [0.2, 0.25) is 5.91 Å². The fraction of sp³-hybridized carbons (Fsp3) is 0.500. The summed E-state index contributed by atoms with van der Waals surface area (Å²) in [5.41, 5.74) is 6.73. The third-order valence-electron chi connectivity index (χ3n) is 2.45. The summed E-state index contributed by atoms with van der Waals surface area (Å²) in [5.74, 6) is 0.0828. The third-order valence-corrected chi connectivity index (χ3v) is 2.45. The number of benzene rings is 1. The minimum Gasteiger partial charge on any atom is -0.354 e. The third kappa shape index (κ3) is 6.74. The van der Waals surface area contributed by atoms with Gasteiger partial charge in [-0.3, -0.25) is 4.79 Å². The number of aryl methyl sites for hydroxylation is 1. The van der Waals surface area contributed by atoms with Gasteiger partial charge in [0.05, 0.1) is 0 Å². The Labute approximate surface area is 103 Å². The maximum Gasteiger partial charge on any atom is 0.220 e. The van der Waals surface area contributed by atoms with Crippen molar-refractivity contribution in [3.05, 3.63) is 35.9 Å². The normalized spacial score (nSPS) is 11.2. The first-order chi connectivity index (χ1) is 7.97. The zero-order valence-electron chi connectivity index (χ0n) is 10.7. The smallest absolute Gasteiger partial charge is 0.220 e. The highest BCUT2D eigenvalue weighted by Crippen LogP contribution is 2.04. The van der Waals surface area contributed by atoms with Gasteiger partial charge in [-0.05, 0) is 32.3 Å². The molecule has 0 atom stereocenters. The van der Waals surface area contributed by atoms with Gasteiger partial charge in [0.1, 0.15) is 0 Å². The van der Waals surface area contributed by atoms with Crippen LogP contribution < -0.4 is 11.1 Å². The zero-order valence-corrected chi connectivity index (χ0v) is 10.7. The standard InChI is InChI=1S/C14H22N2O/c1-14(2,15)11-16-13(17)10-6-9-12-7-4-3-5-8-12/h3-5,7-8H,6,9-11,15H2,1-2H3,(H,16,17). The van der Waals surface area contributed by atoms with Crippen LogP contribution in [0.4, 0.5) is 0 Å². The van der Waals surface area contributed by atoms with E-state index in [-0.39, 0.29) is 11.4 Å². The summed E-state index contributed by atoms with van der Waals surface area (Å²) in [6.07, 6.45) is 2.38. The van der Waals surface area contributed by atoms with Crippen LogP contribution in [-0.4, -0.2) is 18.0 Å². The zero-order chi connectivity index (χ0) is 12.7. The van der Waals surface area contributed by atoms with Crippen molar-refractivity contribution in [3.63, 3.8) is 0 Å². The van der Waals surface area contributed by atoms with Crippen LogP contribution in [0.15, 0.2) is 30.3 Å². The van der Waals surface area contributed by atoms with Crippen molar-refractivity contribution in [2.75, 3.05) is 6.54 Å². The van der Waals surface area contributed by atoms with E-state index in [1.807, 2.05) is 32.0 Å². The van der Waals surface area contributed by atoms with Crippen LogP contribution in [0.5, 0.6) is 0 Å². The highest BCUT2D eigenvalue weighted by atomic mass is 16.1. The van der Waals surface area contributed by atoms with E-state index in [1.165, 1.54) is 5.56 Å². The topological polar surface area (TPSA) is 55.1 Å². The highest BCUT2D eigenvalue weighted by Gasteiger charge is 2.11. The molecule has 1 amide bonds. The SMILES string of the molecule is CC(C)(N)CNC(=O)CCCc1ccccc1. The quantitative estimate of drug-likeness (QED) is 0.789. The number of amides is 1. The van der Waals surface area contributed by atoms with Gasteiger partial charge in [-0.2, -0.15) is 0 Å². The second kappa shape index (κ2) is 6.40. The molecule has 0 saturated carbocycles. The van der Waals surface area contributed by atoms with Crippen molar-refractivity contribution in [2.45, 2.75) is 38.6 Å². The van der Waals surface area contributed by atoms with E-state index in [4.69, 9.17) is 5.73 Å². The van der Waals surface area contributed by atoms with Crippen LogP contribution in [-0.2, 0) is 11.2 Å². The van der Waals surface area contributed by atoms with Crippen molar-refractivity contribution >= 4 is 5.91 Å². The van der Waals surface area contributed by atoms with Crippen molar-refractivity contribution < 1.29 is 4.79 Å². The lowest BCUT2D eigenvalue weighted by molar-refractivity contribution is -0.121. The van der Waals surface area contributed by atoms with Gasteiger partial charge >= 0.3 is 0 Å². The average Bonchev–Trinajstić information content (AvgIpc) is 2.27. The number of nitrogens with two attached hydrogens (primary N) is 1. The summed E-state index contributed by atoms with van der Waals surface area (Å²) in [4.78, 5) is 11.5. The van der Waals surface area contributed by atoms with E-state index in [2.05, 4.69) is 17.4 Å². The first-order valence-corrected chi connectivity index (χ1v) is 6.07. The van der Waals surface area contributed by atoms with Crippen LogP contribution in [0.25, 0.3) is 0 Å². The summed E-state index contributed by atoms with van der Waals surface area (Å²) >= 11 is 0. The maximum atomic E-state index is 11.5. The molecular formula is C14H22N2O. The molecule has 0 aromatic heterocycles. The molecule has 94 valence electrons. The van der Waals surface area contributed by atoms with E-state index < -0.39 is 0 Å². The van der Waals surface area contributed by atoms with Gasteiger partial charge < -0.3 is 11.1 Å². The van der Waals surface area contributed by atoms with Gasteiger partial charge in [0.15, 0.2) is 0 Å². The lowest BCUT2D eigenvalue weighted by atomic mass is 10.1. The van der Waals surface area contributed by atoms with Crippen molar-refractivity contribution in [1.29, 1.82) is 0 Å². The number of nitrogens with one attached hydrogen (secondary N) is 1. The van der Waals surface area contributed by atoms with E-state index in [1.54, 1.807) is 0 Å². The largest absolute Gasteiger partial charge is 0.354 e. The second-order valence-electron chi connectivity index (χ2n) is 5.10. The predicted octanol–water partition coefficient (Wildman–Crippen LogP) is 1.86. The van der Waals surface area contributed by atoms with Gasteiger partial charge in [-0.15, -0.1) is 0 Å². The molecule has 0 bridgehead atoms. The molecule has 0 heterocycles. The monoisotopic (exact) mass is 234 g/mol. The predicted molar refractivity (Wildman–Crippen MR) is 70.7 cm³/mol. The molecule has 3 N–H and O–H groups in total. The summed E-state index contributed by atoms with van der Waals surface area (Å²) in [6.45, 7) is 4.33. The minimum absolute atomic E-state index is 0.0828. The first-order valence-electron chi connectivity index (χ1n) is 6.07. The van der Waals surface area contributed by atoms with Gasteiger partial charge in [-0.1, -0.05) is 30.3 Å². The summed E-state index contributed by atoms with van der Waals surface area (Å²) < 4.78 is 0. The van der Waals surface area contributed by atoms with Crippen LogP contribution in [0.1, 0.15) is 32.3 Å². The molecular weight excluding hydrogens is 212 g/mol. The molecule has 1 aromatic carbocycles. The molecule has 0 aliphatic rings. The van der Waals surface area contributed by atoms with Crippen LogP contribution in [0.2, 0.25) is 0 Å². The van der Waals surface area contributed by atoms with E-state index >= 15 is 0 Å². The van der Waals surface area contributed by atoms with Crippen molar-refractivity contribution in [1.82, 2.24) is 5.32 Å². The molecule has 0 aliphatic carbocycles. The molecule has 0 radical (unpaired) electrons. The second-order valence-corrected chi connectivity index (χ2v) is 5.10. The summed E-state index contributed by atoms with van der Waals surface area (Å²) in [7, 11) is 0. The number of carbonyl (C=O) groups excluding carboxylic acids is 1. The van der Waals surface area contributed by atoms with Crippen LogP contribution in [0.3, 0.4) is 0 Å². The molecule has 1 rings (SSSR count). The number of rotatable bonds is 6. The molecule has 0 aliphatic heterocycles. The Morgan fingerprint density at radius 2 is 1.94 bits per heavy atom.